The van der Waals surface area contributed by atoms with Crippen molar-refractivity contribution in [3.63, 3.8) is 0 Å². The van der Waals surface area contributed by atoms with E-state index in [2.05, 4.69) is 10.6 Å². The van der Waals surface area contributed by atoms with Crippen molar-refractivity contribution in [2.75, 3.05) is 13.1 Å². The van der Waals surface area contributed by atoms with Crippen LogP contribution < -0.4 is 10.6 Å². The number of amides is 1. The molecule has 16 heavy (non-hydrogen) atoms. The molecule has 0 radical (unpaired) electrons. The van der Waals surface area contributed by atoms with E-state index < -0.39 is 11.4 Å². The molecule has 1 amide bonds. The molecule has 0 aromatic carbocycles. The minimum atomic E-state index is -0.912. The molecule has 0 saturated carbocycles. The van der Waals surface area contributed by atoms with Crippen LogP contribution in [0, 0.1) is 11.3 Å². The van der Waals surface area contributed by atoms with Crippen molar-refractivity contribution in [1.29, 1.82) is 0 Å². The predicted octanol–water partition coefficient (Wildman–Crippen LogP) is 0.211. The number of aliphatic carboxylic acids is 1. The number of hydrogen-bond acceptors (Lipinski definition) is 3. The van der Waals surface area contributed by atoms with Crippen molar-refractivity contribution in [2.24, 2.45) is 11.3 Å². The average molecular weight is 228 g/mol. The zero-order valence-electron chi connectivity index (χ0n) is 10.0. The molecule has 1 saturated heterocycles. The van der Waals surface area contributed by atoms with E-state index in [1.807, 2.05) is 6.92 Å². The zero-order chi connectivity index (χ0) is 12.3. The average Bonchev–Trinajstić information content (AvgIpc) is 2.61. The summed E-state index contributed by atoms with van der Waals surface area (Å²) >= 11 is 0. The summed E-state index contributed by atoms with van der Waals surface area (Å²) in [5.41, 5.74) is -0.912. The van der Waals surface area contributed by atoms with Crippen molar-refractivity contribution < 1.29 is 14.7 Å². The van der Waals surface area contributed by atoms with Crippen LogP contribution in [0.1, 0.15) is 27.2 Å². The van der Waals surface area contributed by atoms with Gasteiger partial charge >= 0.3 is 5.97 Å². The third kappa shape index (κ3) is 2.95. The standard InChI is InChI=1S/C11H20N2O3/c1-7-8(4-5-12-7)9(14)13-6-11(2,3)10(15)16/h7-8,12H,4-6H2,1-3H3,(H,13,14)(H,15,16). The molecule has 5 nitrogen and oxygen atoms in total. The number of carboxylic acids is 1. The molecule has 2 unspecified atom stereocenters. The van der Waals surface area contributed by atoms with Gasteiger partial charge in [-0.25, -0.2) is 0 Å². The van der Waals surface area contributed by atoms with E-state index in [0.717, 1.165) is 13.0 Å². The van der Waals surface area contributed by atoms with Crippen LogP contribution in [-0.4, -0.2) is 36.1 Å². The van der Waals surface area contributed by atoms with Crippen LogP contribution in [0.15, 0.2) is 0 Å². The lowest BCUT2D eigenvalue weighted by atomic mass is 9.93. The molecule has 1 aliphatic heterocycles. The van der Waals surface area contributed by atoms with Crippen LogP contribution in [-0.2, 0) is 9.59 Å². The highest BCUT2D eigenvalue weighted by molar-refractivity contribution is 5.81. The molecule has 92 valence electrons. The summed E-state index contributed by atoms with van der Waals surface area (Å²) < 4.78 is 0. The lowest BCUT2D eigenvalue weighted by Crippen LogP contribution is -2.43. The molecule has 3 N–H and O–H groups in total. The first-order valence-corrected chi connectivity index (χ1v) is 5.59. The molecular formula is C11H20N2O3. The molecule has 1 aliphatic rings. The van der Waals surface area contributed by atoms with E-state index in [1.165, 1.54) is 0 Å². The highest BCUT2D eigenvalue weighted by Crippen LogP contribution is 2.17. The molecule has 1 heterocycles. The van der Waals surface area contributed by atoms with Crippen LogP contribution in [0.5, 0.6) is 0 Å². The lowest BCUT2D eigenvalue weighted by molar-refractivity contribution is -0.146. The Morgan fingerprint density at radius 3 is 2.56 bits per heavy atom. The number of carbonyl (C=O) groups excluding carboxylic acids is 1. The van der Waals surface area contributed by atoms with Gasteiger partial charge in [-0.15, -0.1) is 0 Å². The summed E-state index contributed by atoms with van der Waals surface area (Å²) in [6.07, 6.45) is 0.820. The summed E-state index contributed by atoms with van der Waals surface area (Å²) in [6, 6.07) is 0.174. The number of carbonyl (C=O) groups is 2. The first-order valence-electron chi connectivity index (χ1n) is 5.59. The molecular weight excluding hydrogens is 208 g/mol. The second-order valence-electron chi connectivity index (χ2n) is 5.04. The molecule has 1 fully saturated rings. The quantitative estimate of drug-likeness (QED) is 0.643. The van der Waals surface area contributed by atoms with E-state index >= 15 is 0 Å². The van der Waals surface area contributed by atoms with Gasteiger partial charge in [-0.05, 0) is 33.7 Å². The van der Waals surface area contributed by atoms with Gasteiger partial charge in [0.25, 0.3) is 0 Å². The summed E-state index contributed by atoms with van der Waals surface area (Å²) in [5, 5.41) is 14.8. The van der Waals surface area contributed by atoms with Gasteiger partial charge in [-0.1, -0.05) is 0 Å². The fraction of sp³-hybridized carbons (Fsp3) is 0.818. The van der Waals surface area contributed by atoms with Crippen LogP contribution in [0.2, 0.25) is 0 Å². The first-order chi connectivity index (χ1) is 7.34. The fourth-order valence-electron chi connectivity index (χ4n) is 1.73. The van der Waals surface area contributed by atoms with Gasteiger partial charge in [-0.2, -0.15) is 0 Å². The number of nitrogens with one attached hydrogen (secondary N) is 2. The minimum Gasteiger partial charge on any atom is -0.481 e. The molecule has 1 rings (SSSR count). The second kappa shape index (κ2) is 4.82. The summed E-state index contributed by atoms with van der Waals surface area (Å²) in [5.74, 6) is -0.984. The van der Waals surface area contributed by atoms with Crippen molar-refractivity contribution in [3.05, 3.63) is 0 Å². The van der Waals surface area contributed by atoms with Crippen molar-refractivity contribution >= 4 is 11.9 Å². The van der Waals surface area contributed by atoms with Gasteiger partial charge < -0.3 is 15.7 Å². The highest BCUT2D eigenvalue weighted by atomic mass is 16.4. The Morgan fingerprint density at radius 1 is 1.50 bits per heavy atom. The Morgan fingerprint density at radius 2 is 2.12 bits per heavy atom. The molecule has 0 aromatic heterocycles. The fourth-order valence-corrected chi connectivity index (χ4v) is 1.73. The van der Waals surface area contributed by atoms with Crippen LogP contribution in [0.3, 0.4) is 0 Å². The van der Waals surface area contributed by atoms with Crippen LogP contribution in [0.25, 0.3) is 0 Å². The van der Waals surface area contributed by atoms with E-state index in [-0.39, 0.29) is 24.4 Å². The number of carboxylic acid groups (broad SMARTS) is 1. The topological polar surface area (TPSA) is 78.4 Å². The summed E-state index contributed by atoms with van der Waals surface area (Å²) in [4.78, 5) is 22.6. The number of rotatable bonds is 4. The summed E-state index contributed by atoms with van der Waals surface area (Å²) in [6.45, 7) is 6.20. The Labute approximate surface area is 95.6 Å². The number of hydrogen-bond donors (Lipinski definition) is 3. The van der Waals surface area contributed by atoms with E-state index in [1.54, 1.807) is 13.8 Å². The minimum absolute atomic E-state index is 0.0374. The third-order valence-electron chi connectivity index (χ3n) is 3.15. The summed E-state index contributed by atoms with van der Waals surface area (Å²) in [7, 11) is 0. The first kappa shape index (κ1) is 13.0. The predicted molar refractivity (Wildman–Crippen MR) is 60.0 cm³/mol. The van der Waals surface area contributed by atoms with Crippen molar-refractivity contribution in [2.45, 2.75) is 33.2 Å². The molecule has 0 spiro atoms. The molecule has 0 aliphatic carbocycles. The molecule has 0 bridgehead atoms. The van der Waals surface area contributed by atoms with E-state index in [0.29, 0.717) is 0 Å². The highest BCUT2D eigenvalue weighted by Gasteiger charge is 2.32. The van der Waals surface area contributed by atoms with Gasteiger partial charge in [0.1, 0.15) is 0 Å². The smallest absolute Gasteiger partial charge is 0.310 e. The normalized spacial score (nSPS) is 25.4. The lowest BCUT2D eigenvalue weighted by Gasteiger charge is -2.22. The van der Waals surface area contributed by atoms with Gasteiger partial charge in [0, 0.05) is 12.6 Å². The molecule has 0 aromatic rings. The Kier molecular flexibility index (Phi) is 3.91. The molecule has 2 atom stereocenters. The zero-order valence-corrected chi connectivity index (χ0v) is 10.0. The maximum atomic E-state index is 11.8. The molecule has 5 heteroatoms. The second-order valence-corrected chi connectivity index (χ2v) is 5.04. The Balaban J connectivity index is 2.44. The van der Waals surface area contributed by atoms with Crippen LogP contribution in [0.4, 0.5) is 0 Å². The SMILES string of the molecule is CC1NCCC1C(=O)NCC(C)(C)C(=O)O. The Hall–Kier alpha value is -1.10. The third-order valence-corrected chi connectivity index (χ3v) is 3.15. The van der Waals surface area contributed by atoms with Gasteiger partial charge in [-0.3, -0.25) is 9.59 Å². The largest absolute Gasteiger partial charge is 0.481 e. The van der Waals surface area contributed by atoms with Crippen molar-refractivity contribution in [1.82, 2.24) is 10.6 Å². The van der Waals surface area contributed by atoms with E-state index in [9.17, 15) is 9.59 Å². The monoisotopic (exact) mass is 228 g/mol. The Bertz CT molecular complexity index is 289. The van der Waals surface area contributed by atoms with Gasteiger partial charge in [0.15, 0.2) is 0 Å². The van der Waals surface area contributed by atoms with Gasteiger partial charge in [0.05, 0.1) is 11.3 Å². The maximum absolute atomic E-state index is 11.8. The van der Waals surface area contributed by atoms with E-state index in [4.69, 9.17) is 5.11 Å². The maximum Gasteiger partial charge on any atom is 0.310 e. The van der Waals surface area contributed by atoms with Crippen LogP contribution >= 0.6 is 0 Å². The van der Waals surface area contributed by atoms with Gasteiger partial charge in [0.2, 0.25) is 5.91 Å². The van der Waals surface area contributed by atoms with Crippen molar-refractivity contribution in [3.8, 4) is 0 Å².